The number of phenols is 1. The lowest BCUT2D eigenvalue weighted by molar-refractivity contribution is -0.149. The Hall–Kier alpha value is -2.84. The fraction of sp³-hybridized carbons (Fsp3) is 0.519. The number of carbonyl (C=O) groups excluding carboxylic acids is 1. The number of ether oxygens (including phenoxy) is 3. The quantitative estimate of drug-likeness (QED) is 0.597. The van der Waals surface area contributed by atoms with Crippen LogP contribution in [0.15, 0.2) is 54.0 Å². The Kier molecular flexibility index (Phi) is 9.74. The van der Waals surface area contributed by atoms with Crippen LogP contribution in [0.2, 0.25) is 0 Å². The summed E-state index contributed by atoms with van der Waals surface area (Å²) < 4.78 is 31.1. The van der Waals surface area contributed by atoms with Gasteiger partial charge in [-0.2, -0.15) is 0 Å². The molecule has 0 aliphatic carbocycles. The van der Waals surface area contributed by atoms with Crippen molar-refractivity contribution in [1.29, 1.82) is 0 Å². The predicted octanol–water partition coefficient (Wildman–Crippen LogP) is 4.00. The van der Waals surface area contributed by atoms with Crippen molar-refractivity contribution in [3.05, 3.63) is 65.4 Å². The molecule has 2 saturated heterocycles. The summed E-state index contributed by atoms with van der Waals surface area (Å²) in [5.41, 5.74) is 1.22. The third-order valence-corrected chi connectivity index (χ3v) is 5.83. The number of phenolic OH excluding ortho intramolecular Hbond substituents is 1. The van der Waals surface area contributed by atoms with Gasteiger partial charge in [0.15, 0.2) is 23.1 Å². The molecule has 0 saturated carbocycles. The van der Waals surface area contributed by atoms with Crippen LogP contribution in [0.5, 0.6) is 5.75 Å². The van der Waals surface area contributed by atoms with Crippen molar-refractivity contribution in [3.63, 3.8) is 0 Å². The first-order valence-electron chi connectivity index (χ1n) is 12.2. The Morgan fingerprint density at radius 3 is 2.74 bits per heavy atom. The Bertz CT molecular complexity index is 959. The summed E-state index contributed by atoms with van der Waals surface area (Å²) in [7, 11) is 0. The fourth-order valence-corrected chi connectivity index (χ4v) is 4.18. The zero-order valence-electron chi connectivity index (χ0n) is 21.0. The lowest BCUT2D eigenvalue weighted by Crippen LogP contribution is -2.51. The van der Waals surface area contributed by atoms with E-state index in [0.717, 1.165) is 12.0 Å². The second-order valence-electron chi connectivity index (χ2n) is 9.32. The molecule has 0 bridgehead atoms. The van der Waals surface area contributed by atoms with E-state index in [0.29, 0.717) is 69.6 Å². The number of hydrogen-bond donors (Lipinski definition) is 1. The topological polar surface area (TPSA) is 71.5 Å². The normalized spacial score (nSPS) is 21.5. The third kappa shape index (κ3) is 7.57. The molecule has 0 radical (unpaired) electrons. The molecule has 1 amide bonds. The van der Waals surface area contributed by atoms with Gasteiger partial charge in [0.25, 0.3) is 5.91 Å². The molecule has 1 aromatic rings. The van der Waals surface area contributed by atoms with Crippen molar-refractivity contribution < 1.29 is 28.5 Å². The number of amides is 1. The Balaban J connectivity index is 1.68. The molecule has 0 unspecified atom stereocenters. The zero-order chi connectivity index (χ0) is 25.4. The first kappa shape index (κ1) is 26.8. The van der Waals surface area contributed by atoms with Crippen LogP contribution in [-0.4, -0.2) is 72.9 Å². The smallest absolute Gasteiger partial charge is 0.253 e. The van der Waals surface area contributed by atoms with Gasteiger partial charge in [0.05, 0.1) is 19.8 Å². The molecule has 2 heterocycles. The second kappa shape index (κ2) is 12.7. The van der Waals surface area contributed by atoms with Crippen molar-refractivity contribution in [2.24, 2.45) is 5.92 Å². The highest BCUT2D eigenvalue weighted by Crippen LogP contribution is 2.24. The maximum absolute atomic E-state index is 13.7. The van der Waals surface area contributed by atoms with Crippen molar-refractivity contribution in [1.82, 2.24) is 9.80 Å². The predicted molar refractivity (Wildman–Crippen MR) is 132 cm³/mol. The average molecular weight is 489 g/mol. The average Bonchev–Trinajstić information content (AvgIpc) is 3.05. The molecule has 2 aliphatic heterocycles. The van der Waals surface area contributed by atoms with E-state index in [1.54, 1.807) is 17.0 Å². The van der Waals surface area contributed by atoms with Gasteiger partial charge in [0, 0.05) is 44.7 Å². The number of allylic oxidation sites excluding steroid dienone is 1. The van der Waals surface area contributed by atoms with Gasteiger partial charge >= 0.3 is 0 Å². The van der Waals surface area contributed by atoms with Crippen LogP contribution >= 0.6 is 0 Å². The van der Waals surface area contributed by atoms with Crippen LogP contribution in [-0.2, 0) is 25.5 Å². The summed E-state index contributed by atoms with van der Waals surface area (Å²) in [6, 6.07) is 4.48. The second-order valence-corrected chi connectivity index (χ2v) is 9.32. The fourth-order valence-electron chi connectivity index (χ4n) is 4.18. The molecule has 35 heavy (non-hydrogen) atoms. The van der Waals surface area contributed by atoms with Crippen LogP contribution in [0.1, 0.15) is 32.8 Å². The van der Waals surface area contributed by atoms with Crippen molar-refractivity contribution in [2.75, 3.05) is 46.0 Å². The summed E-state index contributed by atoms with van der Waals surface area (Å²) >= 11 is 0. The molecule has 0 aromatic heterocycles. The largest absolute Gasteiger partial charge is 0.505 e. The van der Waals surface area contributed by atoms with Gasteiger partial charge in [-0.05, 0) is 36.6 Å². The number of rotatable bonds is 8. The van der Waals surface area contributed by atoms with Crippen LogP contribution in [0.25, 0.3) is 0 Å². The van der Waals surface area contributed by atoms with E-state index in [9.17, 15) is 14.3 Å². The molecule has 1 atom stereocenters. The van der Waals surface area contributed by atoms with Gasteiger partial charge in [-0.15, -0.1) is 0 Å². The van der Waals surface area contributed by atoms with Crippen molar-refractivity contribution in [2.45, 2.75) is 39.8 Å². The van der Waals surface area contributed by atoms with Gasteiger partial charge < -0.3 is 24.2 Å². The highest BCUT2D eigenvalue weighted by Gasteiger charge is 2.31. The van der Waals surface area contributed by atoms with Gasteiger partial charge in [-0.25, -0.2) is 4.39 Å². The molecule has 2 aliphatic rings. The molecule has 1 N–H and O–H groups in total. The molecular weight excluding hydrogens is 451 g/mol. The van der Waals surface area contributed by atoms with Gasteiger partial charge in [-0.3, -0.25) is 9.69 Å². The van der Waals surface area contributed by atoms with E-state index in [1.807, 2.05) is 24.0 Å². The summed E-state index contributed by atoms with van der Waals surface area (Å²) in [6.07, 6.45) is 3.86. The van der Waals surface area contributed by atoms with Crippen LogP contribution in [0, 0.1) is 11.7 Å². The molecular formula is C27H37FN2O5. The number of halogens is 1. The summed E-state index contributed by atoms with van der Waals surface area (Å²) in [5.74, 6) is 0.447. The maximum Gasteiger partial charge on any atom is 0.253 e. The van der Waals surface area contributed by atoms with Gasteiger partial charge in [0.1, 0.15) is 6.10 Å². The van der Waals surface area contributed by atoms with Crippen molar-refractivity contribution in [3.8, 4) is 5.75 Å². The minimum absolute atomic E-state index is 0.115. The number of hydrogen-bond acceptors (Lipinski definition) is 6. The molecule has 192 valence electrons. The standard InChI is InChI=1S/C27H37FN2O5/c1-5-23-24(34-12-7-11-33-23)14-20(4)16-30(15-19(2)3)27(32)25-18-29(10-13-35-25)17-21-8-6-9-22(28)26(21)31/h5-6,8-9,14,19,25,31H,4,7,10-13,15-18H2,1-3H3/b23-5+,24-14+/t25-/m1/s1. The number of nitrogens with zero attached hydrogens (tertiary/aromatic N) is 2. The summed E-state index contributed by atoms with van der Waals surface area (Å²) in [6.45, 7) is 13.9. The van der Waals surface area contributed by atoms with Crippen molar-refractivity contribution >= 4 is 5.91 Å². The van der Waals surface area contributed by atoms with E-state index >= 15 is 0 Å². The molecule has 1 aromatic carbocycles. The van der Waals surface area contributed by atoms with E-state index in [-0.39, 0.29) is 17.6 Å². The van der Waals surface area contributed by atoms with E-state index in [4.69, 9.17) is 14.2 Å². The monoisotopic (exact) mass is 488 g/mol. The molecule has 8 heteroatoms. The number of morpholine rings is 1. The number of para-hydroxylation sites is 1. The van der Waals surface area contributed by atoms with E-state index in [2.05, 4.69) is 20.4 Å². The highest BCUT2D eigenvalue weighted by atomic mass is 19.1. The van der Waals surface area contributed by atoms with E-state index in [1.165, 1.54) is 6.07 Å². The number of benzene rings is 1. The van der Waals surface area contributed by atoms with Crippen LogP contribution in [0.3, 0.4) is 0 Å². The first-order chi connectivity index (χ1) is 16.8. The van der Waals surface area contributed by atoms with E-state index < -0.39 is 11.9 Å². The molecule has 2 fully saturated rings. The van der Waals surface area contributed by atoms with Crippen LogP contribution < -0.4 is 0 Å². The molecule has 7 nitrogen and oxygen atoms in total. The molecule has 3 rings (SSSR count). The summed E-state index contributed by atoms with van der Waals surface area (Å²) in [5, 5.41) is 10.0. The minimum Gasteiger partial charge on any atom is -0.505 e. The number of aromatic hydroxyl groups is 1. The third-order valence-electron chi connectivity index (χ3n) is 5.83. The highest BCUT2D eigenvalue weighted by molar-refractivity contribution is 5.81. The zero-order valence-corrected chi connectivity index (χ0v) is 21.0. The van der Waals surface area contributed by atoms with Gasteiger partial charge in [-0.1, -0.05) is 32.6 Å². The lowest BCUT2D eigenvalue weighted by atomic mass is 10.1. The SMILES string of the molecule is C=C(/C=C1/OCCCO/C1=C/C)CN(CC(C)C)C(=O)[C@H]1CN(Cc2cccc(F)c2O)CCO1. The van der Waals surface area contributed by atoms with Gasteiger partial charge in [0.2, 0.25) is 0 Å². The summed E-state index contributed by atoms with van der Waals surface area (Å²) in [4.78, 5) is 17.3. The Morgan fingerprint density at radius 2 is 2.03 bits per heavy atom. The Labute approximate surface area is 207 Å². The lowest BCUT2D eigenvalue weighted by Gasteiger charge is -2.35. The number of carbonyl (C=O) groups is 1. The Morgan fingerprint density at radius 1 is 1.29 bits per heavy atom. The maximum atomic E-state index is 13.7. The van der Waals surface area contributed by atoms with Crippen LogP contribution in [0.4, 0.5) is 4.39 Å². The minimum atomic E-state index is -0.651. The first-order valence-corrected chi connectivity index (χ1v) is 12.2. The molecule has 0 spiro atoms.